The first-order chi connectivity index (χ1) is 11.0. The summed E-state index contributed by atoms with van der Waals surface area (Å²) in [4.78, 5) is 6.86. The molecule has 1 spiro atoms. The molecule has 0 bridgehead atoms. The SMILES string of the molecule is COc1ccc2c(c1)OC1(C=N2)N(C)c2ccccc2C1(C)C. The molecule has 0 fully saturated rings. The molecule has 4 heteroatoms. The van der Waals surface area contributed by atoms with Crippen molar-refractivity contribution in [2.45, 2.75) is 25.0 Å². The van der Waals surface area contributed by atoms with E-state index in [9.17, 15) is 0 Å². The summed E-state index contributed by atoms with van der Waals surface area (Å²) in [6.07, 6.45) is 1.93. The van der Waals surface area contributed by atoms with Gasteiger partial charge in [0, 0.05) is 18.8 Å². The van der Waals surface area contributed by atoms with E-state index in [1.807, 2.05) is 24.4 Å². The minimum Gasteiger partial charge on any atom is -0.497 e. The molecule has 0 amide bonds. The number of ether oxygens (including phenoxy) is 2. The Kier molecular flexibility index (Phi) is 2.77. The summed E-state index contributed by atoms with van der Waals surface area (Å²) in [7, 11) is 3.72. The first-order valence-electron chi connectivity index (χ1n) is 7.75. The zero-order valence-electron chi connectivity index (χ0n) is 13.8. The van der Waals surface area contributed by atoms with E-state index in [4.69, 9.17) is 9.47 Å². The summed E-state index contributed by atoms with van der Waals surface area (Å²) in [6.45, 7) is 4.40. The number of rotatable bonds is 1. The van der Waals surface area contributed by atoms with E-state index in [2.05, 4.69) is 55.1 Å². The minimum atomic E-state index is -0.643. The van der Waals surface area contributed by atoms with Crippen molar-refractivity contribution in [3.63, 3.8) is 0 Å². The number of para-hydroxylation sites is 1. The van der Waals surface area contributed by atoms with E-state index < -0.39 is 5.72 Å². The number of likely N-dealkylation sites (N-methyl/N-ethyl adjacent to an activating group) is 1. The molecule has 0 saturated carbocycles. The number of fused-ring (bicyclic) bond motifs is 2. The maximum absolute atomic E-state index is 6.53. The molecular formula is C19H20N2O2. The number of anilines is 1. The minimum absolute atomic E-state index is 0.234. The van der Waals surface area contributed by atoms with E-state index in [-0.39, 0.29) is 5.41 Å². The highest BCUT2D eigenvalue weighted by molar-refractivity contribution is 5.88. The van der Waals surface area contributed by atoms with E-state index in [0.717, 1.165) is 17.2 Å². The average molecular weight is 308 g/mol. The van der Waals surface area contributed by atoms with Gasteiger partial charge in [0.25, 0.3) is 0 Å². The van der Waals surface area contributed by atoms with E-state index >= 15 is 0 Å². The average Bonchev–Trinajstić information content (AvgIpc) is 2.74. The molecule has 0 aromatic heterocycles. The van der Waals surface area contributed by atoms with Crippen molar-refractivity contribution >= 4 is 17.6 Å². The maximum atomic E-state index is 6.53. The molecule has 4 nitrogen and oxygen atoms in total. The molecule has 2 aromatic rings. The monoisotopic (exact) mass is 308 g/mol. The van der Waals surface area contributed by atoms with Gasteiger partial charge in [0.15, 0.2) is 5.75 Å². The second kappa shape index (κ2) is 4.51. The van der Waals surface area contributed by atoms with Crippen LogP contribution in [-0.4, -0.2) is 26.1 Å². The van der Waals surface area contributed by atoms with Gasteiger partial charge in [0.2, 0.25) is 5.72 Å². The smallest absolute Gasteiger partial charge is 0.228 e. The lowest BCUT2D eigenvalue weighted by Crippen LogP contribution is -2.60. The molecule has 0 saturated heterocycles. The highest BCUT2D eigenvalue weighted by Gasteiger charge is 2.58. The van der Waals surface area contributed by atoms with Crippen LogP contribution >= 0.6 is 0 Å². The lowest BCUT2D eigenvalue weighted by molar-refractivity contribution is 0.0822. The Bertz CT molecular complexity index is 813. The van der Waals surface area contributed by atoms with Gasteiger partial charge in [-0.05, 0) is 37.6 Å². The Morgan fingerprint density at radius 2 is 1.91 bits per heavy atom. The van der Waals surface area contributed by atoms with Crippen molar-refractivity contribution < 1.29 is 9.47 Å². The van der Waals surface area contributed by atoms with Gasteiger partial charge < -0.3 is 14.4 Å². The van der Waals surface area contributed by atoms with Gasteiger partial charge in [0.05, 0.1) is 18.7 Å². The van der Waals surface area contributed by atoms with Crippen LogP contribution in [0.1, 0.15) is 19.4 Å². The molecular weight excluding hydrogens is 288 g/mol. The second-order valence-corrected chi connectivity index (χ2v) is 6.59. The van der Waals surface area contributed by atoms with Gasteiger partial charge >= 0.3 is 0 Å². The number of nitrogens with zero attached hydrogens (tertiary/aromatic N) is 2. The highest BCUT2D eigenvalue weighted by atomic mass is 16.5. The Labute approximate surface area is 136 Å². The fourth-order valence-electron chi connectivity index (χ4n) is 3.69. The summed E-state index contributed by atoms with van der Waals surface area (Å²) in [5, 5.41) is 0. The van der Waals surface area contributed by atoms with Gasteiger partial charge in [-0.2, -0.15) is 0 Å². The normalized spacial score (nSPS) is 23.4. The Balaban J connectivity index is 1.87. The van der Waals surface area contributed by atoms with Crippen molar-refractivity contribution in [2.75, 3.05) is 19.1 Å². The number of hydrogen-bond donors (Lipinski definition) is 0. The summed E-state index contributed by atoms with van der Waals surface area (Å²) in [6, 6.07) is 14.2. The topological polar surface area (TPSA) is 34.1 Å². The Morgan fingerprint density at radius 1 is 1.13 bits per heavy atom. The lowest BCUT2D eigenvalue weighted by atomic mass is 9.77. The number of hydrogen-bond acceptors (Lipinski definition) is 4. The molecule has 2 aliphatic rings. The van der Waals surface area contributed by atoms with Crippen LogP contribution in [0.4, 0.5) is 11.4 Å². The van der Waals surface area contributed by atoms with Crippen LogP contribution in [0.15, 0.2) is 47.5 Å². The molecule has 23 heavy (non-hydrogen) atoms. The fourth-order valence-corrected chi connectivity index (χ4v) is 3.69. The molecule has 0 radical (unpaired) electrons. The molecule has 2 heterocycles. The van der Waals surface area contributed by atoms with Crippen molar-refractivity contribution in [1.82, 2.24) is 0 Å². The fraction of sp³-hybridized carbons (Fsp3) is 0.316. The third-order valence-corrected chi connectivity index (χ3v) is 5.14. The zero-order chi connectivity index (χ0) is 16.2. The van der Waals surface area contributed by atoms with Crippen molar-refractivity contribution in [1.29, 1.82) is 0 Å². The van der Waals surface area contributed by atoms with E-state index in [1.54, 1.807) is 7.11 Å². The third-order valence-electron chi connectivity index (χ3n) is 5.14. The molecule has 0 N–H and O–H groups in total. The molecule has 118 valence electrons. The van der Waals surface area contributed by atoms with Gasteiger partial charge in [0.1, 0.15) is 11.4 Å². The summed E-state index contributed by atoms with van der Waals surface area (Å²) < 4.78 is 11.9. The van der Waals surface area contributed by atoms with Crippen LogP contribution in [0.5, 0.6) is 11.5 Å². The van der Waals surface area contributed by atoms with E-state index in [0.29, 0.717) is 0 Å². The van der Waals surface area contributed by atoms with E-state index in [1.165, 1.54) is 11.3 Å². The van der Waals surface area contributed by atoms with Crippen molar-refractivity contribution in [2.24, 2.45) is 4.99 Å². The van der Waals surface area contributed by atoms with Crippen molar-refractivity contribution in [3.8, 4) is 11.5 Å². The maximum Gasteiger partial charge on any atom is 0.228 e. The quantitative estimate of drug-likeness (QED) is 0.801. The summed E-state index contributed by atoms with van der Waals surface area (Å²) in [5.74, 6) is 1.52. The van der Waals surface area contributed by atoms with Crippen LogP contribution in [0.3, 0.4) is 0 Å². The second-order valence-electron chi connectivity index (χ2n) is 6.59. The highest BCUT2D eigenvalue weighted by Crippen LogP contribution is 2.53. The van der Waals surface area contributed by atoms with Crippen LogP contribution in [0.25, 0.3) is 0 Å². The molecule has 0 aliphatic carbocycles. The first kappa shape index (κ1) is 14.1. The van der Waals surface area contributed by atoms with Gasteiger partial charge in [-0.3, -0.25) is 4.99 Å². The van der Waals surface area contributed by atoms with Crippen LogP contribution < -0.4 is 14.4 Å². The van der Waals surface area contributed by atoms with Crippen LogP contribution in [0.2, 0.25) is 0 Å². The number of methoxy groups -OCH3 is 1. The standard InChI is InChI=1S/C19H20N2O2/c1-18(2)14-7-5-6-8-16(14)21(3)19(18)12-20-15-10-9-13(22-4)11-17(15)23-19/h5-12H,1-4H3. The van der Waals surface area contributed by atoms with Gasteiger partial charge in [-0.15, -0.1) is 0 Å². The summed E-state index contributed by atoms with van der Waals surface area (Å²) in [5.41, 5.74) is 2.39. The van der Waals surface area contributed by atoms with Crippen molar-refractivity contribution in [3.05, 3.63) is 48.0 Å². The number of aliphatic imine (C=N–C) groups is 1. The van der Waals surface area contributed by atoms with Crippen LogP contribution in [-0.2, 0) is 5.41 Å². The third kappa shape index (κ3) is 1.69. The zero-order valence-corrected chi connectivity index (χ0v) is 13.8. The number of benzene rings is 2. The Hall–Kier alpha value is -2.49. The van der Waals surface area contributed by atoms with Crippen LogP contribution in [0, 0.1) is 0 Å². The molecule has 1 atom stereocenters. The first-order valence-corrected chi connectivity index (χ1v) is 7.75. The summed E-state index contributed by atoms with van der Waals surface area (Å²) >= 11 is 0. The lowest BCUT2D eigenvalue weighted by Gasteiger charge is -2.44. The molecule has 4 rings (SSSR count). The van der Waals surface area contributed by atoms with Gasteiger partial charge in [-0.1, -0.05) is 18.2 Å². The largest absolute Gasteiger partial charge is 0.497 e. The predicted molar refractivity (Wildman–Crippen MR) is 92.4 cm³/mol. The predicted octanol–water partition coefficient (Wildman–Crippen LogP) is 3.91. The molecule has 1 unspecified atom stereocenters. The Morgan fingerprint density at radius 3 is 2.65 bits per heavy atom. The molecule has 2 aromatic carbocycles. The van der Waals surface area contributed by atoms with Gasteiger partial charge in [-0.25, -0.2) is 0 Å². The molecule has 2 aliphatic heterocycles.